The summed E-state index contributed by atoms with van der Waals surface area (Å²) in [4.78, 5) is 3.26. The quantitative estimate of drug-likeness (QED) is 0.449. The summed E-state index contributed by atoms with van der Waals surface area (Å²) in [6.45, 7) is 4.55. The van der Waals surface area contributed by atoms with Crippen LogP contribution in [0.5, 0.6) is 0 Å². The second kappa shape index (κ2) is 7.22. The maximum atomic E-state index is 2.41. The Morgan fingerprint density at radius 2 is 1.53 bits per heavy atom. The van der Waals surface area contributed by atoms with E-state index in [0.717, 1.165) is 0 Å². The molecular formula is C12H15IS4. The lowest BCUT2D eigenvalue weighted by molar-refractivity contribution is 0.905. The number of hydrogen-bond acceptors (Lipinski definition) is 4. The van der Waals surface area contributed by atoms with E-state index in [1.165, 1.54) is 37.1 Å². The average Bonchev–Trinajstić information content (AvgIpc) is 2.87. The van der Waals surface area contributed by atoms with E-state index in [9.17, 15) is 0 Å². The van der Waals surface area contributed by atoms with Gasteiger partial charge in [-0.05, 0) is 40.8 Å². The molecule has 2 aliphatic heterocycles. The first kappa shape index (κ1) is 14.8. The maximum Gasteiger partial charge on any atom is 0.0705 e. The molecule has 5 heteroatoms. The Bertz CT molecular complexity index is 375. The lowest BCUT2D eigenvalue weighted by atomic mass is 10.2. The topological polar surface area (TPSA) is 0 Å². The molecule has 0 amide bonds. The van der Waals surface area contributed by atoms with Gasteiger partial charge in [0, 0.05) is 9.81 Å². The highest BCUT2D eigenvalue weighted by Crippen LogP contribution is 2.60. The normalized spacial score (nSPS) is 20.5. The lowest BCUT2D eigenvalue weighted by Gasteiger charge is -2.01. The van der Waals surface area contributed by atoms with Gasteiger partial charge in [0.25, 0.3) is 0 Å². The lowest BCUT2D eigenvalue weighted by Crippen LogP contribution is -1.78. The van der Waals surface area contributed by atoms with Crippen LogP contribution in [0.15, 0.2) is 26.6 Å². The molecule has 0 N–H and O–H groups in total. The van der Waals surface area contributed by atoms with Gasteiger partial charge in [-0.25, -0.2) is 0 Å². The van der Waals surface area contributed by atoms with Gasteiger partial charge in [-0.1, -0.05) is 73.7 Å². The molecule has 2 rings (SSSR count). The second-order valence-electron chi connectivity index (χ2n) is 3.77. The van der Waals surface area contributed by atoms with Crippen molar-refractivity contribution < 1.29 is 0 Å². The van der Waals surface area contributed by atoms with E-state index < -0.39 is 0 Å². The van der Waals surface area contributed by atoms with Crippen molar-refractivity contribution in [3.63, 3.8) is 0 Å². The third-order valence-electron chi connectivity index (χ3n) is 2.31. The van der Waals surface area contributed by atoms with Crippen molar-refractivity contribution in [2.24, 2.45) is 0 Å². The van der Waals surface area contributed by atoms with Crippen molar-refractivity contribution in [3.8, 4) is 0 Å². The number of halogens is 1. The summed E-state index contributed by atoms with van der Waals surface area (Å²) in [7, 11) is 0. The molecule has 2 heterocycles. The minimum absolute atomic E-state index is 1.25. The van der Waals surface area contributed by atoms with E-state index in [1.807, 2.05) is 47.0 Å². The zero-order chi connectivity index (χ0) is 12.3. The monoisotopic (exact) mass is 414 g/mol. The van der Waals surface area contributed by atoms with Crippen LogP contribution in [-0.4, -0.2) is 0 Å². The van der Waals surface area contributed by atoms with Gasteiger partial charge >= 0.3 is 0 Å². The molecule has 0 saturated carbocycles. The van der Waals surface area contributed by atoms with E-state index in [1.54, 1.807) is 9.81 Å². The summed E-state index contributed by atoms with van der Waals surface area (Å²) >= 11 is 10.3. The van der Waals surface area contributed by atoms with Gasteiger partial charge < -0.3 is 0 Å². The third-order valence-corrected chi connectivity index (χ3v) is 9.19. The zero-order valence-electron chi connectivity index (χ0n) is 9.92. The van der Waals surface area contributed by atoms with Crippen molar-refractivity contribution in [1.29, 1.82) is 0 Å². The second-order valence-corrected chi connectivity index (χ2v) is 10.3. The Morgan fingerprint density at radius 1 is 0.941 bits per heavy atom. The molecule has 0 aromatic rings. The molecule has 0 aromatic heterocycles. The molecule has 0 bridgehead atoms. The Hall–Kier alpha value is 1.35. The summed E-state index contributed by atoms with van der Waals surface area (Å²) in [6.07, 6.45) is 5.02. The third kappa shape index (κ3) is 3.91. The maximum absolute atomic E-state index is 2.41. The first-order valence-corrected chi connectivity index (χ1v) is 10.2. The van der Waals surface area contributed by atoms with Crippen LogP contribution in [0, 0.1) is 0 Å². The Kier molecular flexibility index (Phi) is 6.26. The fourth-order valence-electron chi connectivity index (χ4n) is 1.60. The smallest absolute Gasteiger partial charge is 0.0705 e. The van der Waals surface area contributed by atoms with Gasteiger partial charge in [-0.2, -0.15) is 0 Å². The van der Waals surface area contributed by atoms with Crippen molar-refractivity contribution in [2.45, 2.75) is 39.5 Å². The highest BCUT2D eigenvalue weighted by molar-refractivity contribution is 14.1. The molecule has 0 aromatic carbocycles. The molecule has 0 aliphatic carbocycles. The van der Waals surface area contributed by atoms with Crippen LogP contribution in [0.1, 0.15) is 39.5 Å². The molecule has 0 saturated heterocycles. The standard InChI is InChI=1S/C12H15IS4/c1-3-5-8-9(6-4-2)16-12(15-8)11-14-7-10(13)17-11/h7H,3-6H2,1-2H3. The Morgan fingerprint density at radius 3 is 1.94 bits per heavy atom. The zero-order valence-corrected chi connectivity index (χ0v) is 15.3. The molecule has 0 unspecified atom stereocenters. The molecule has 2 aliphatic rings. The van der Waals surface area contributed by atoms with E-state index >= 15 is 0 Å². The van der Waals surface area contributed by atoms with Gasteiger partial charge in [-0.15, -0.1) is 0 Å². The summed E-state index contributed by atoms with van der Waals surface area (Å²) in [5.41, 5.74) is 0. The molecule has 0 fully saturated rings. The van der Waals surface area contributed by atoms with Crippen LogP contribution >= 0.6 is 69.6 Å². The first-order valence-electron chi connectivity index (χ1n) is 5.76. The fraction of sp³-hybridized carbons (Fsp3) is 0.500. The highest BCUT2D eigenvalue weighted by atomic mass is 127. The van der Waals surface area contributed by atoms with Crippen LogP contribution < -0.4 is 0 Å². The molecule has 0 nitrogen and oxygen atoms in total. The number of hydrogen-bond donors (Lipinski definition) is 0. The van der Waals surface area contributed by atoms with Gasteiger partial charge in [0.1, 0.15) is 0 Å². The van der Waals surface area contributed by atoms with Crippen LogP contribution in [0.25, 0.3) is 0 Å². The molecule has 0 radical (unpaired) electrons. The van der Waals surface area contributed by atoms with Crippen LogP contribution in [0.3, 0.4) is 0 Å². The largest absolute Gasteiger partial charge is 0.0873 e. The molecule has 0 spiro atoms. The van der Waals surface area contributed by atoms with Crippen molar-refractivity contribution in [1.82, 2.24) is 0 Å². The molecular weight excluding hydrogens is 399 g/mol. The van der Waals surface area contributed by atoms with Crippen molar-refractivity contribution in [3.05, 3.63) is 26.6 Å². The van der Waals surface area contributed by atoms with E-state index in [0.29, 0.717) is 0 Å². The number of allylic oxidation sites excluding steroid dienone is 2. The molecule has 94 valence electrons. The van der Waals surface area contributed by atoms with Crippen LogP contribution in [0.2, 0.25) is 0 Å². The van der Waals surface area contributed by atoms with Crippen molar-refractivity contribution >= 4 is 69.6 Å². The molecule has 0 atom stereocenters. The van der Waals surface area contributed by atoms with Gasteiger partial charge in [-0.3, -0.25) is 0 Å². The summed E-state index contributed by atoms with van der Waals surface area (Å²) in [5, 5.41) is 2.26. The van der Waals surface area contributed by atoms with E-state index in [2.05, 4.69) is 41.8 Å². The summed E-state index contributed by atoms with van der Waals surface area (Å²) in [6, 6.07) is 0. The Balaban J connectivity index is 2.09. The average molecular weight is 414 g/mol. The van der Waals surface area contributed by atoms with Gasteiger partial charge in [0.05, 0.1) is 11.4 Å². The predicted molar refractivity (Wildman–Crippen MR) is 96.3 cm³/mol. The van der Waals surface area contributed by atoms with Gasteiger partial charge in [0.2, 0.25) is 0 Å². The summed E-state index contributed by atoms with van der Waals surface area (Å²) in [5.74, 6) is 0. The van der Waals surface area contributed by atoms with Crippen LogP contribution in [-0.2, 0) is 0 Å². The van der Waals surface area contributed by atoms with Crippen molar-refractivity contribution in [2.75, 3.05) is 0 Å². The Labute approximate surface area is 134 Å². The predicted octanol–water partition coefficient (Wildman–Crippen LogP) is 7.12. The summed E-state index contributed by atoms with van der Waals surface area (Å²) < 4.78 is 4.41. The number of thioether (sulfide) groups is 4. The minimum Gasteiger partial charge on any atom is -0.0873 e. The van der Waals surface area contributed by atoms with E-state index in [4.69, 9.17) is 0 Å². The molecule has 17 heavy (non-hydrogen) atoms. The van der Waals surface area contributed by atoms with E-state index in [-0.39, 0.29) is 0 Å². The minimum atomic E-state index is 1.25. The SMILES string of the molecule is CCCC1=C(CCC)SC(=C2SC=C(I)S2)S1. The highest BCUT2D eigenvalue weighted by Gasteiger charge is 2.25. The number of rotatable bonds is 4. The van der Waals surface area contributed by atoms with Crippen LogP contribution in [0.4, 0.5) is 0 Å². The first-order chi connectivity index (χ1) is 8.24. The fourth-order valence-corrected chi connectivity index (χ4v) is 8.31. The van der Waals surface area contributed by atoms with Gasteiger partial charge in [0.15, 0.2) is 0 Å².